The zero-order valence-corrected chi connectivity index (χ0v) is 12.6. The van der Waals surface area contributed by atoms with Gasteiger partial charge in [-0.05, 0) is 19.3 Å². The number of nitrogens with one attached hydrogen (secondary N) is 1. The predicted molar refractivity (Wildman–Crippen MR) is 75.0 cm³/mol. The van der Waals surface area contributed by atoms with E-state index in [4.69, 9.17) is 14.9 Å². The Labute approximate surface area is 129 Å². The summed E-state index contributed by atoms with van der Waals surface area (Å²) in [7, 11) is 0. The first-order chi connectivity index (χ1) is 10.6. The maximum absolute atomic E-state index is 9.93. The molecule has 114 valence electrons. The minimum absolute atomic E-state index is 0.261. The normalized spacial score (nSPS) is 41.5. The van der Waals surface area contributed by atoms with E-state index in [2.05, 4.69) is 18.2 Å². The SMILES string of the molecule is CCC[C@@H]1O[C@@]23CCCC[C@H]2[C@@](C#N)(C(=N)O3)C1(C#N)C#N. The Morgan fingerprint density at radius 1 is 1.23 bits per heavy atom. The number of nitriles is 3. The molecule has 1 saturated carbocycles. The van der Waals surface area contributed by atoms with Crippen molar-refractivity contribution in [2.75, 3.05) is 0 Å². The van der Waals surface area contributed by atoms with Crippen molar-refractivity contribution in [2.24, 2.45) is 16.7 Å². The fourth-order valence-corrected chi connectivity index (χ4v) is 4.50. The average Bonchev–Trinajstić information content (AvgIpc) is 2.74. The first kappa shape index (κ1) is 14.8. The van der Waals surface area contributed by atoms with E-state index in [1.165, 1.54) is 0 Å². The van der Waals surface area contributed by atoms with Gasteiger partial charge in [-0.25, -0.2) is 0 Å². The van der Waals surface area contributed by atoms with Gasteiger partial charge in [0.15, 0.2) is 10.8 Å². The summed E-state index contributed by atoms with van der Waals surface area (Å²) in [4.78, 5) is 0. The quantitative estimate of drug-likeness (QED) is 0.841. The number of nitrogens with zero attached hydrogens (tertiary/aromatic N) is 3. The molecule has 22 heavy (non-hydrogen) atoms. The molecule has 1 N–H and O–H groups in total. The number of rotatable bonds is 2. The van der Waals surface area contributed by atoms with Gasteiger partial charge in [-0.2, -0.15) is 15.8 Å². The minimum Gasteiger partial charge on any atom is -0.447 e. The van der Waals surface area contributed by atoms with Gasteiger partial charge in [0, 0.05) is 6.42 Å². The van der Waals surface area contributed by atoms with E-state index in [0.717, 1.165) is 19.3 Å². The van der Waals surface area contributed by atoms with Gasteiger partial charge >= 0.3 is 0 Å². The molecule has 3 fully saturated rings. The summed E-state index contributed by atoms with van der Waals surface area (Å²) in [5.74, 6) is -1.68. The molecule has 4 atom stereocenters. The van der Waals surface area contributed by atoms with Crippen LogP contribution in [0.1, 0.15) is 45.4 Å². The van der Waals surface area contributed by atoms with Crippen LogP contribution in [-0.2, 0) is 9.47 Å². The Bertz CT molecular complexity index is 626. The Morgan fingerprint density at radius 3 is 2.55 bits per heavy atom. The van der Waals surface area contributed by atoms with Crippen LogP contribution in [0, 0.1) is 56.2 Å². The van der Waals surface area contributed by atoms with Crippen LogP contribution in [0.5, 0.6) is 0 Å². The lowest BCUT2D eigenvalue weighted by Crippen LogP contribution is -2.63. The fraction of sp³-hybridized carbons (Fsp3) is 0.750. The number of ether oxygens (including phenoxy) is 2. The highest BCUT2D eigenvalue weighted by Crippen LogP contribution is 2.66. The van der Waals surface area contributed by atoms with E-state index in [1.807, 2.05) is 6.92 Å². The summed E-state index contributed by atoms with van der Waals surface area (Å²) in [5, 5.41) is 37.8. The molecule has 0 amide bonds. The highest BCUT2D eigenvalue weighted by Gasteiger charge is 2.79. The lowest BCUT2D eigenvalue weighted by atomic mass is 9.52. The van der Waals surface area contributed by atoms with E-state index in [1.54, 1.807) is 0 Å². The molecular formula is C16H18N4O2. The van der Waals surface area contributed by atoms with Crippen LogP contribution >= 0.6 is 0 Å². The highest BCUT2D eigenvalue weighted by molar-refractivity contribution is 5.89. The van der Waals surface area contributed by atoms with Crippen LogP contribution in [0.3, 0.4) is 0 Å². The van der Waals surface area contributed by atoms with Crippen LogP contribution in [0.4, 0.5) is 0 Å². The molecule has 2 heterocycles. The third-order valence-corrected chi connectivity index (χ3v) is 5.48. The standard InChI is InChI=1S/C16H18N4O2/c1-2-5-12-14(8-17,9-18)15(10-19)11-6-3-4-7-16(11,21-12)22-13(15)20/h11-12,20H,2-7H2,1H3/t11-,12-,15-,16+/m0/s1. The van der Waals surface area contributed by atoms with Crippen molar-refractivity contribution in [1.29, 1.82) is 21.2 Å². The zero-order valence-electron chi connectivity index (χ0n) is 12.6. The highest BCUT2D eigenvalue weighted by atomic mass is 16.7. The van der Waals surface area contributed by atoms with E-state index < -0.39 is 28.6 Å². The van der Waals surface area contributed by atoms with E-state index in [0.29, 0.717) is 19.3 Å². The van der Waals surface area contributed by atoms with Gasteiger partial charge < -0.3 is 9.47 Å². The lowest BCUT2D eigenvalue weighted by Gasteiger charge is -2.51. The zero-order chi connectivity index (χ0) is 16.0. The van der Waals surface area contributed by atoms with Crippen molar-refractivity contribution < 1.29 is 9.47 Å². The Hall–Kier alpha value is -2.10. The van der Waals surface area contributed by atoms with E-state index >= 15 is 0 Å². The lowest BCUT2D eigenvalue weighted by molar-refractivity contribution is -0.292. The molecule has 2 saturated heterocycles. The van der Waals surface area contributed by atoms with Gasteiger partial charge in [-0.3, -0.25) is 5.41 Å². The van der Waals surface area contributed by atoms with Crippen LogP contribution in [0.15, 0.2) is 0 Å². The molecule has 6 nitrogen and oxygen atoms in total. The van der Waals surface area contributed by atoms with Crippen molar-refractivity contribution in [1.82, 2.24) is 0 Å². The van der Waals surface area contributed by atoms with Crippen molar-refractivity contribution in [2.45, 2.75) is 57.3 Å². The largest absolute Gasteiger partial charge is 0.447 e. The second kappa shape index (κ2) is 4.70. The molecule has 1 aliphatic carbocycles. The third-order valence-electron chi connectivity index (χ3n) is 5.48. The van der Waals surface area contributed by atoms with Crippen molar-refractivity contribution in [3.05, 3.63) is 0 Å². The van der Waals surface area contributed by atoms with Gasteiger partial charge in [0.2, 0.25) is 11.7 Å². The topological polar surface area (TPSA) is 114 Å². The van der Waals surface area contributed by atoms with Crippen molar-refractivity contribution in [3.63, 3.8) is 0 Å². The molecule has 0 aromatic heterocycles. The maximum Gasteiger partial charge on any atom is 0.217 e. The van der Waals surface area contributed by atoms with Gasteiger partial charge in [-0.1, -0.05) is 19.8 Å². The summed E-state index contributed by atoms with van der Waals surface area (Å²) in [6, 6.07) is 6.26. The van der Waals surface area contributed by atoms with Gasteiger partial charge in [-0.15, -0.1) is 0 Å². The average molecular weight is 298 g/mol. The smallest absolute Gasteiger partial charge is 0.217 e. The molecule has 0 aromatic carbocycles. The minimum atomic E-state index is -1.68. The van der Waals surface area contributed by atoms with Crippen molar-refractivity contribution >= 4 is 5.90 Å². The molecule has 0 radical (unpaired) electrons. The summed E-state index contributed by atoms with van der Waals surface area (Å²) in [6.07, 6.45) is 3.55. The maximum atomic E-state index is 9.93. The van der Waals surface area contributed by atoms with Gasteiger partial charge in [0.25, 0.3) is 0 Å². The Balaban J connectivity index is 2.26. The van der Waals surface area contributed by atoms with Crippen LogP contribution in [0.2, 0.25) is 0 Å². The summed E-state index contributed by atoms with van der Waals surface area (Å²) in [5.41, 5.74) is -3.20. The monoisotopic (exact) mass is 298 g/mol. The summed E-state index contributed by atoms with van der Waals surface area (Å²) in [6.45, 7) is 1.95. The summed E-state index contributed by atoms with van der Waals surface area (Å²) < 4.78 is 11.9. The fourth-order valence-electron chi connectivity index (χ4n) is 4.50. The van der Waals surface area contributed by atoms with Crippen LogP contribution in [-0.4, -0.2) is 17.8 Å². The number of hydrogen-bond acceptors (Lipinski definition) is 6. The number of hydrogen-bond donors (Lipinski definition) is 1. The summed E-state index contributed by atoms with van der Waals surface area (Å²) >= 11 is 0. The van der Waals surface area contributed by atoms with Crippen molar-refractivity contribution in [3.8, 4) is 18.2 Å². The molecule has 3 rings (SSSR count). The van der Waals surface area contributed by atoms with Crippen LogP contribution in [0.25, 0.3) is 0 Å². The second-order valence-corrected chi connectivity index (χ2v) is 6.39. The first-order valence-corrected chi connectivity index (χ1v) is 7.76. The molecular weight excluding hydrogens is 280 g/mol. The predicted octanol–water partition coefficient (Wildman–Crippen LogP) is 2.62. The molecule has 2 bridgehead atoms. The Morgan fingerprint density at radius 2 is 1.95 bits per heavy atom. The molecule has 0 spiro atoms. The van der Waals surface area contributed by atoms with Gasteiger partial charge in [0.05, 0.1) is 30.2 Å². The first-order valence-electron chi connectivity index (χ1n) is 7.76. The molecule has 2 aliphatic heterocycles. The van der Waals surface area contributed by atoms with Crippen LogP contribution < -0.4 is 0 Å². The molecule has 3 aliphatic rings. The molecule has 0 unspecified atom stereocenters. The van der Waals surface area contributed by atoms with Gasteiger partial charge in [0.1, 0.15) is 0 Å². The Kier molecular flexibility index (Phi) is 3.17. The second-order valence-electron chi connectivity index (χ2n) is 6.39. The molecule has 6 heteroatoms. The molecule has 0 aromatic rings. The third kappa shape index (κ3) is 1.38. The van der Waals surface area contributed by atoms with E-state index in [-0.39, 0.29) is 5.90 Å². The van der Waals surface area contributed by atoms with E-state index in [9.17, 15) is 15.8 Å².